The van der Waals surface area contributed by atoms with Crippen molar-refractivity contribution >= 4 is 0 Å². The van der Waals surface area contributed by atoms with E-state index in [1.807, 2.05) is 6.33 Å². The summed E-state index contributed by atoms with van der Waals surface area (Å²) < 4.78 is 2.35. The lowest BCUT2D eigenvalue weighted by Crippen LogP contribution is -2.25. The van der Waals surface area contributed by atoms with Crippen LogP contribution >= 0.6 is 0 Å². The summed E-state index contributed by atoms with van der Waals surface area (Å²) in [7, 11) is 0. The second-order valence-electron chi connectivity index (χ2n) is 5.08. The third kappa shape index (κ3) is 3.33. The van der Waals surface area contributed by atoms with Crippen LogP contribution < -0.4 is 5.32 Å². The van der Waals surface area contributed by atoms with E-state index in [1.165, 1.54) is 25.1 Å². The van der Waals surface area contributed by atoms with E-state index in [2.05, 4.69) is 39.8 Å². The molecule has 1 aromatic rings. The fourth-order valence-corrected chi connectivity index (χ4v) is 2.77. The Bertz CT molecular complexity index is 337. The number of hydrogen-bond acceptors (Lipinski definition) is 3. The Morgan fingerprint density at radius 3 is 2.94 bits per heavy atom. The first-order chi connectivity index (χ1) is 8.85. The van der Waals surface area contributed by atoms with Crippen molar-refractivity contribution < 1.29 is 0 Å². The van der Waals surface area contributed by atoms with Gasteiger partial charge < -0.3 is 14.8 Å². The van der Waals surface area contributed by atoms with Gasteiger partial charge in [-0.2, -0.15) is 0 Å². The van der Waals surface area contributed by atoms with Crippen molar-refractivity contribution in [2.75, 3.05) is 32.7 Å². The van der Waals surface area contributed by atoms with Gasteiger partial charge in [0.1, 0.15) is 0 Å². The maximum atomic E-state index is 4.33. The minimum absolute atomic E-state index is 0.668. The highest BCUT2D eigenvalue weighted by Gasteiger charge is 2.19. The van der Waals surface area contributed by atoms with Crippen molar-refractivity contribution in [2.24, 2.45) is 0 Å². The maximum absolute atomic E-state index is 4.33. The molecule has 0 saturated carbocycles. The van der Waals surface area contributed by atoms with Gasteiger partial charge >= 0.3 is 0 Å². The van der Waals surface area contributed by atoms with E-state index >= 15 is 0 Å². The van der Waals surface area contributed by atoms with Crippen LogP contribution in [0.3, 0.4) is 0 Å². The predicted octanol–water partition coefficient (Wildman–Crippen LogP) is 1.69. The molecule has 1 fully saturated rings. The quantitative estimate of drug-likeness (QED) is 0.799. The Hall–Kier alpha value is -0.870. The lowest BCUT2D eigenvalue weighted by molar-refractivity contribution is 0.292. The molecule has 0 radical (unpaired) electrons. The summed E-state index contributed by atoms with van der Waals surface area (Å²) in [5, 5.41) is 3.43. The van der Waals surface area contributed by atoms with Gasteiger partial charge in [0.2, 0.25) is 0 Å². The van der Waals surface area contributed by atoms with Crippen LogP contribution in [0.15, 0.2) is 12.5 Å². The number of nitrogens with zero attached hydrogens (tertiary/aromatic N) is 3. The highest BCUT2D eigenvalue weighted by molar-refractivity contribution is 5.09. The number of aryl methyl sites for hydroxylation is 1. The average Bonchev–Trinajstić information content (AvgIpc) is 3.04. The standard InChI is InChI=1S/C14H26N4/c1-3-17(4-2)8-5-9-18-12-16-11-14(18)13-6-7-15-10-13/h11-13,15H,3-10H2,1-2H3. The molecule has 1 aliphatic rings. The fourth-order valence-electron chi connectivity index (χ4n) is 2.77. The van der Waals surface area contributed by atoms with E-state index in [0.717, 1.165) is 32.7 Å². The van der Waals surface area contributed by atoms with Crippen molar-refractivity contribution in [1.82, 2.24) is 19.8 Å². The zero-order valence-corrected chi connectivity index (χ0v) is 11.7. The van der Waals surface area contributed by atoms with E-state index in [9.17, 15) is 0 Å². The van der Waals surface area contributed by atoms with Gasteiger partial charge in [-0.3, -0.25) is 0 Å². The van der Waals surface area contributed by atoms with Gasteiger partial charge in [-0.05, 0) is 39.0 Å². The van der Waals surface area contributed by atoms with Gasteiger partial charge in [-0.1, -0.05) is 13.8 Å². The van der Waals surface area contributed by atoms with E-state index in [0.29, 0.717) is 5.92 Å². The molecular weight excluding hydrogens is 224 g/mol. The van der Waals surface area contributed by atoms with E-state index in [4.69, 9.17) is 0 Å². The molecule has 1 unspecified atom stereocenters. The van der Waals surface area contributed by atoms with Crippen LogP contribution in [0.2, 0.25) is 0 Å². The van der Waals surface area contributed by atoms with E-state index in [-0.39, 0.29) is 0 Å². The molecule has 1 N–H and O–H groups in total. The average molecular weight is 250 g/mol. The molecule has 0 aromatic carbocycles. The first kappa shape index (κ1) is 13.6. The largest absolute Gasteiger partial charge is 0.334 e. The normalized spacial score (nSPS) is 19.8. The number of aromatic nitrogens is 2. The van der Waals surface area contributed by atoms with Gasteiger partial charge in [-0.15, -0.1) is 0 Å². The predicted molar refractivity (Wildman–Crippen MR) is 74.9 cm³/mol. The molecule has 0 amide bonds. The smallest absolute Gasteiger partial charge is 0.0948 e. The lowest BCUT2D eigenvalue weighted by Gasteiger charge is -2.19. The van der Waals surface area contributed by atoms with E-state index < -0.39 is 0 Å². The molecule has 102 valence electrons. The van der Waals surface area contributed by atoms with Gasteiger partial charge in [-0.25, -0.2) is 4.98 Å². The second-order valence-corrected chi connectivity index (χ2v) is 5.08. The number of rotatable bonds is 7. The first-order valence-corrected chi connectivity index (χ1v) is 7.28. The molecule has 1 atom stereocenters. The third-order valence-corrected chi connectivity index (χ3v) is 3.99. The van der Waals surface area contributed by atoms with Crippen LogP contribution in [0.25, 0.3) is 0 Å². The van der Waals surface area contributed by atoms with Crippen molar-refractivity contribution in [3.63, 3.8) is 0 Å². The lowest BCUT2D eigenvalue weighted by atomic mass is 10.1. The number of imidazole rings is 1. The summed E-state index contributed by atoms with van der Waals surface area (Å²) in [6.45, 7) is 11.3. The summed E-state index contributed by atoms with van der Waals surface area (Å²) in [4.78, 5) is 6.81. The highest BCUT2D eigenvalue weighted by atomic mass is 15.1. The SMILES string of the molecule is CCN(CC)CCCn1cncc1C1CCNC1. The van der Waals surface area contributed by atoms with Crippen LogP contribution in [-0.2, 0) is 6.54 Å². The molecule has 4 nitrogen and oxygen atoms in total. The molecule has 2 rings (SSSR count). The van der Waals surface area contributed by atoms with Crippen LogP contribution in [-0.4, -0.2) is 47.2 Å². The molecule has 0 bridgehead atoms. The second kappa shape index (κ2) is 6.90. The Kier molecular flexibility index (Phi) is 5.20. The zero-order valence-electron chi connectivity index (χ0n) is 11.7. The van der Waals surface area contributed by atoms with Crippen LogP contribution in [0.4, 0.5) is 0 Å². The Morgan fingerprint density at radius 1 is 1.44 bits per heavy atom. The monoisotopic (exact) mass is 250 g/mol. The number of hydrogen-bond donors (Lipinski definition) is 1. The molecule has 4 heteroatoms. The minimum Gasteiger partial charge on any atom is -0.334 e. The van der Waals surface area contributed by atoms with Crippen LogP contribution in [0.1, 0.15) is 38.3 Å². The topological polar surface area (TPSA) is 33.1 Å². The molecule has 18 heavy (non-hydrogen) atoms. The zero-order chi connectivity index (χ0) is 12.8. The molecule has 1 aliphatic heterocycles. The summed E-state index contributed by atoms with van der Waals surface area (Å²) in [5.74, 6) is 0.668. The van der Waals surface area contributed by atoms with Crippen molar-refractivity contribution in [2.45, 2.75) is 39.2 Å². The first-order valence-electron chi connectivity index (χ1n) is 7.28. The Balaban J connectivity index is 1.84. The van der Waals surface area contributed by atoms with Crippen molar-refractivity contribution in [1.29, 1.82) is 0 Å². The summed E-state index contributed by atoms with van der Waals surface area (Å²) >= 11 is 0. The van der Waals surface area contributed by atoms with Crippen molar-refractivity contribution in [3.05, 3.63) is 18.2 Å². The highest BCUT2D eigenvalue weighted by Crippen LogP contribution is 2.21. The maximum Gasteiger partial charge on any atom is 0.0948 e. The van der Waals surface area contributed by atoms with Gasteiger partial charge in [0, 0.05) is 30.9 Å². The number of nitrogens with one attached hydrogen (secondary N) is 1. The van der Waals surface area contributed by atoms with Gasteiger partial charge in [0.25, 0.3) is 0 Å². The minimum atomic E-state index is 0.668. The Labute approximate surface area is 110 Å². The van der Waals surface area contributed by atoms with Crippen LogP contribution in [0, 0.1) is 0 Å². The molecule has 0 aliphatic carbocycles. The van der Waals surface area contributed by atoms with Crippen LogP contribution in [0.5, 0.6) is 0 Å². The molecule has 0 spiro atoms. The fraction of sp³-hybridized carbons (Fsp3) is 0.786. The van der Waals surface area contributed by atoms with E-state index in [1.54, 1.807) is 0 Å². The van der Waals surface area contributed by atoms with Crippen molar-refractivity contribution in [3.8, 4) is 0 Å². The summed E-state index contributed by atoms with van der Waals surface area (Å²) in [5.41, 5.74) is 1.42. The summed E-state index contributed by atoms with van der Waals surface area (Å²) in [6.07, 6.45) is 6.51. The molecule has 2 heterocycles. The Morgan fingerprint density at radius 2 is 2.28 bits per heavy atom. The van der Waals surface area contributed by atoms with Gasteiger partial charge in [0.15, 0.2) is 0 Å². The molecule has 1 aromatic heterocycles. The molecular formula is C14H26N4. The van der Waals surface area contributed by atoms with Gasteiger partial charge in [0.05, 0.1) is 6.33 Å². The third-order valence-electron chi connectivity index (χ3n) is 3.99. The summed E-state index contributed by atoms with van der Waals surface area (Å²) in [6, 6.07) is 0. The molecule has 1 saturated heterocycles.